The van der Waals surface area contributed by atoms with E-state index in [9.17, 15) is 4.79 Å². The van der Waals surface area contributed by atoms with Crippen LogP contribution in [0, 0.1) is 0 Å². The topological polar surface area (TPSA) is 50.8 Å². The third kappa shape index (κ3) is 4.02. The molecule has 0 aromatic heterocycles. The van der Waals surface area contributed by atoms with Gasteiger partial charge in [-0.2, -0.15) is 0 Å². The monoisotopic (exact) mass is 366 g/mol. The number of nitrogens with zero attached hydrogens (tertiary/aromatic N) is 1. The van der Waals surface area contributed by atoms with Gasteiger partial charge in [0.05, 0.1) is 0 Å². The first kappa shape index (κ1) is 17.7. The van der Waals surface area contributed by atoms with Crippen molar-refractivity contribution in [2.75, 3.05) is 31.2 Å². The smallest absolute Gasteiger partial charge is 0.217 e. The van der Waals surface area contributed by atoms with Crippen molar-refractivity contribution in [3.05, 3.63) is 53.6 Å². The number of hydrogen-bond donors (Lipinski definition) is 1. The lowest BCUT2D eigenvalue weighted by Crippen LogP contribution is -2.45. The van der Waals surface area contributed by atoms with Gasteiger partial charge in [0, 0.05) is 43.7 Å². The van der Waals surface area contributed by atoms with Gasteiger partial charge < -0.3 is 19.7 Å². The standard InChI is InChI=1S/C22H26N2O3/c1-15(23-16(2)25)11-17-3-5-18(6-4-17)19-13-24(14-19)20-7-8-21-22(12-20)27-10-9-26-21/h3-8,12,15,19H,9-11,13-14H2,1-2H3,(H,23,25). The van der Waals surface area contributed by atoms with Crippen LogP contribution in [0.4, 0.5) is 5.69 Å². The van der Waals surface area contributed by atoms with Crippen LogP contribution >= 0.6 is 0 Å². The summed E-state index contributed by atoms with van der Waals surface area (Å²) in [7, 11) is 0. The molecule has 0 aliphatic carbocycles. The summed E-state index contributed by atoms with van der Waals surface area (Å²) >= 11 is 0. The minimum absolute atomic E-state index is 0.0211. The molecular weight excluding hydrogens is 340 g/mol. The number of ether oxygens (including phenoxy) is 2. The largest absolute Gasteiger partial charge is 0.486 e. The number of nitrogens with one attached hydrogen (secondary N) is 1. The number of benzene rings is 2. The molecule has 0 bridgehead atoms. The van der Waals surface area contributed by atoms with Gasteiger partial charge in [-0.25, -0.2) is 0 Å². The van der Waals surface area contributed by atoms with E-state index >= 15 is 0 Å². The fourth-order valence-corrected chi connectivity index (χ4v) is 3.81. The zero-order valence-corrected chi connectivity index (χ0v) is 15.9. The maximum Gasteiger partial charge on any atom is 0.217 e. The summed E-state index contributed by atoms with van der Waals surface area (Å²) in [5, 5.41) is 2.93. The zero-order chi connectivity index (χ0) is 18.8. The van der Waals surface area contributed by atoms with Gasteiger partial charge in [0.15, 0.2) is 11.5 Å². The van der Waals surface area contributed by atoms with Crippen molar-refractivity contribution >= 4 is 11.6 Å². The van der Waals surface area contributed by atoms with E-state index in [0.717, 1.165) is 31.0 Å². The Morgan fingerprint density at radius 3 is 2.52 bits per heavy atom. The van der Waals surface area contributed by atoms with Crippen LogP contribution in [0.3, 0.4) is 0 Å². The van der Waals surface area contributed by atoms with Crippen molar-refractivity contribution in [1.82, 2.24) is 5.32 Å². The van der Waals surface area contributed by atoms with Crippen LogP contribution in [-0.4, -0.2) is 38.3 Å². The van der Waals surface area contributed by atoms with Gasteiger partial charge in [-0.15, -0.1) is 0 Å². The first-order valence-corrected chi connectivity index (χ1v) is 9.59. The molecule has 4 rings (SSSR count). The molecule has 1 saturated heterocycles. The van der Waals surface area contributed by atoms with E-state index in [2.05, 4.69) is 46.6 Å². The van der Waals surface area contributed by atoms with Gasteiger partial charge in [0.25, 0.3) is 0 Å². The summed E-state index contributed by atoms with van der Waals surface area (Å²) in [5.41, 5.74) is 3.82. The van der Waals surface area contributed by atoms with Crippen molar-refractivity contribution in [3.8, 4) is 11.5 Å². The second-order valence-corrected chi connectivity index (χ2v) is 7.48. The lowest BCUT2D eigenvalue weighted by atomic mass is 9.90. The van der Waals surface area contributed by atoms with E-state index in [1.807, 2.05) is 13.0 Å². The molecular formula is C22H26N2O3. The van der Waals surface area contributed by atoms with E-state index in [1.54, 1.807) is 6.92 Å². The van der Waals surface area contributed by atoms with Crippen LogP contribution in [0.25, 0.3) is 0 Å². The zero-order valence-electron chi connectivity index (χ0n) is 15.9. The number of carbonyl (C=O) groups excluding carboxylic acids is 1. The maximum atomic E-state index is 11.1. The van der Waals surface area contributed by atoms with Gasteiger partial charge in [0.1, 0.15) is 13.2 Å². The lowest BCUT2D eigenvalue weighted by Gasteiger charge is -2.41. The highest BCUT2D eigenvalue weighted by Crippen LogP contribution is 2.38. The molecule has 2 aromatic rings. The van der Waals surface area contributed by atoms with Crippen LogP contribution in [0.15, 0.2) is 42.5 Å². The second-order valence-electron chi connectivity index (χ2n) is 7.48. The number of fused-ring (bicyclic) bond motifs is 1. The molecule has 2 aliphatic heterocycles. The third-order valence-corrected chi connectivity index (χ3v) is 5.22. The van der Waals surface area contributed by atoms with Crippen molar-refractivity contribution in [2.24, 2.45) is 0 Å². The molecule has 1 unspecified atom stereocenters. The number of carbonyl (C=O) groups is 1. The molecule has 2 heterocycles. The Morgan fingerprint density at radius 2 is 1.81 bits per heavy atom. The van der Waals surface area contributed by atoms with E-state index < -0.39 is 0 Å². The molecule has 0 saturated carbocycles. The molecule has 1 fully saturated rings. The summed E-state index contributed by atoms with van der Waals surface area (Å²) in [4.78, 5) is 13.5. The fourth-order valence-electron chi connectivity index (χ4n) is 3.81. The van der Waals surface area contributed by atoms with Gasteiger partial charge in [-0.1, -0.05) is 24.3 Å². The van der Waals surface area contributed by atoms with Crippen molar-refractivity contribution in [2.45, 2.75) is 32.2 Å². The lowest BCUT2D eigenvalue weighted by molar-refractivity contribution is -0.119. The number of hydrogen-bond acceptors (Lipinski definition) is 4. The normalized spacial score (nSPS) is 17.2. The molecule has 5 heteroatoms. The number of anilines is 1. The summed E-state index contributed by atoms with van der Waals surface area (Å²) in [6, 6.07) is 15.2. The molecule has 2 aromatic carbocycles. The van der Waals surface area contributed by atoms with Gasteiger partial charge in [0.2, 0.25) is 5.91 Å². The third-order valence-electron chi connectivity index (χ3n) is 5.22. The summed E-state index contributed by atoms with van der Waals surface area (Å²) in [6.45, 7) is 6.86. The molecule has 1 amide bonds. The highest BCUT2D eigenvalue weighted by molar-refractivity contribution is 5.73. The molecule has 0 spiro atoms. The summed E-state index contributed by atoms with van der Waals surface area (Å²) < 4.78 is 11.3. The molecule has 2 aliphatic rings. The first-order valence-electron chi connectivity index (χ1n) is 9.59. The summed E-state index contributed by atoms with van der Waals surface area (Å²) in [5.74, 6) is 2.26. The van der Waals surface area contributed by atoms with Gasteiger partial charge in [-0.3, -0.25) is 4.79 Å². The average molecular weight is 366 g/mol. The Labute approximate surface area is 160 Å². The van der Waals surface area contributed by atoms with Crippen molar-refractivity contribution in [1.29, 1.82) is 0 Å². The molecule has 0 radical (unpaired) electrons. The minimum atomic E-state index is 0.0211. The Morgan fingerprint density at radius 1 is 1.11 bits per heavy atom. The minimum Gasteiger partial charge on any atom is -0.486 e. The number of amides is 1. The molecule has 5 nitrogen and oxygen atoms in total. The predicted molar refractivity (Wildman–Crippen MR) is 106 cm³/mol. The Hall–Kier alpha value is -2.69. The Kier molecular flexibility index (Phi) is 4.92. The van der Waals surface area contributed by atoms with Gasteiger partial charge in [-0.05, 0) is 36.6 Å². The average Bonchev–Trinajstić information content (AvgIpc) is 2.61. The van der Waals surface area contributed by atoms with Crippen LogP contribution in [0.2, 0.25) is 0 Å². The van der Waals surface area contributed by atoms with Crippen LogP contribution in [0.1, 0.15) is 30.9 Å². The first-order chi connectivity index (χ1) is 13.1. The molecule has 27 heavy (non-hydrogen) atoms. The van der Waals surface area contributed by atoms with E-state index in [0.29, 0.717) is 19.1 Å². The Bertz CT molecular complexity index is 813. The molecule has 1 atom stereocenters. The maximum absolute atomic E-state index is 11.1. The highest BCUT2D eigenvalue weighted by atomic mass is 16.6. The SMILES string of the molecule is CC(=O)NC(C)Cc1ccc(C2CN(c3ccc4c(c3)OCCO4)C2)cc1. The quantitative estimate of drug-likeness (QED) is 0.883. The molecule has 142 valence electrons. The van der Waals surface area contributed by atoms with Crippen LogP contribution in [0.5, 0.6) is 11.5 Å². The van der Waals surface area contributed by atoms with E-state index in [4.69, 9.17) is 9.47 Å². The Balaban J connectivity index is 1.33. The van der Waals surface area contributed by atoms with Crippen molar-refractivity contribution in [3.63, 3.8) is 0 Å². The summed E-state index contributed by atoms with van der Waals surface area (Å²) in [6.07, 6.45) is 0.855. The van der Waals surface area contributed by atoms with Crippen LogP contribution in [-0.2, 0) is 11.2 Å². The second kappa shape index (κ2) is 7.51. The van der Waals surface area contributed by atoms with Gasteiger partial charge >= 0.3 is 0 Å². The van der Waals surface area contributed by atoms with E-state index in [1.165, 1.54) is 16.8 Å². The van der Waals surface area contributed by atoms with E-state index in [-0.39, 0.29) is 11.9 Å². The fraction of sp³-hybridized carbons (Fsp3) is 0.409. The highest BCUT2D eigenvalue weighted by Gasteiger charge is 2.29. The number of rotatable bonds is 5. The predicted octanol–water partition coefficient (Wildman–Crippen LogP) is 3.13. The van der Waals surface area contributed by atoms with Crippen LogP contribution < -0.4 is 19.7 Å². The molecule has 1 N–H and O–H groups in total. The van der Waals surface area contributed by atoms with Crippen molar-refractivity contribution < 1.29 is 14.3 Å².